The molecule has 0 saturated carbocycles. The summed E-state index contributed by atoms with van der Waals surface area (Å²) in [6.07, 6.45) is 0. The van der Waals surface area contributed by atoms with E-state index >= 15 is 0 Å². The van der Waals surface area contributed by atoms with E-state index in [0.29, 0.717) is 0 Å². The largest absolute Gasteiger partial charge is 0.494 e. The van der Waals surface area contributed by atoms with Crippen LogP contribution in [0, 0.1) is 6.92 Å². The fraction of sp³-hybridized carbons (Fsp3) is 0.455. The molecule has 25 heavy (non-hydrogen) atoms. The van der Waals surface area contributed by atoms with E-state index in [1.807, 2.05) is 0 Å². The van der Waals surface area contributed by atoms with Crippen molar-refractivity contribution in [1.82, 2.24) is 0 Å². The molecule has 1 aliphatic carbocycles. The standard InChI is InChI=1S/C22H27BO2/c1-14-8-10-16-17-11-9-15(13-19(17)20(2,3)18(16)12-14)23-24-21(4,5)22(6,7)25-23/h8-13H,1-7H3. The minimum atomic E-state index is -0.313. The van der Waals surface area contributed by atoms with Gasteiger partial charge in [-0.25, -0.2) is 0 Å². The van der Waals surface area contributed by atoms with Gasteiger partial charge in [-0.2, -0.15) is 0 Å². The highest BCUT2D eigenvalue weighted by atomic mass is 16.7. The Morgan fingerprint density at radius 2 is 1.24 bits per heavy atom. The zero-order chi connectivity index (χ0) is 18.2. The zero-order valence-corrected chi connectivity index (χ0v) is 16.4. The number of hydrogen-bond acceptors (Lipinski definition) is 2. The summed E-state index contributed by atoms with van der Waals surface area (Å²) in [5, 5.41) is 0. The molecule has 0 N–H and O–H groups in total. The molecule has 1 fully saturated rings. The van der Waals surface area contributed by atoms with Crippen LogP contribution in [0.15, 0.2) is 36.4 Å². The summed E-state index contributed by atoms with van der Waals surface area (Å²) in [6, 6.07) is 13.5. The molecule has 2 aromatic carbocycles. The molecular formula is C22H27BO2. The SMILES string of the molecule is Cc1ccc2c(c1)C(C)(C)c1cc(B3OC(C)(C)C(C)(C)O3)ccc1-2. The van der Waals surface area contributed by atoms with E-state index in [0.717, 1.165) is 5.46 Å². The minimum Gasteiger partial charge on any atom is -0.399 e. The van der Waals surface area contributed by atoms with E-state index < -0.39 is 0 Å². The molecule has 130 valence electrons. The van der Waals surface area contributed by atoms with Gasteiger partial charge < -0.3 is 9.31 Å². The summed E-state index contributed by atoms with van der Waals surface area (Å²) >= 11 is 0. The predicted octanol–water partition coefficient (Wildman–Crippen LogP) is 4.60. The Bertz CT molecular complexity index is 848. The summed E-state index contributed by atoms with van der Waals surface area (Å²) in [4.78, 5) is 0. The molecule has 1 heterocycles. The van der Waals surface area contributed by atoms with Crippen LogP contribution >= 0.6 is 0 Å². The third-order valence-electron chi connectivity index (χ3n) is 6.38. The average Bonchev–Trinajstić information content (AvgIpc) is 2.87. The molecule has 0 amide bonds. The van der Waals surface area contributed by atoms with Gasteiger partial charge in [-0.3, -0.25) is 0 Å². The number of fused-ring (bicyclic) bond motifs is 3. The molecule has 0 bridgehead atoms. The Kier molecular flexibility index (Phi) is 3.37. The van der Waals surface area contributed by atoms with Crippen molar-refractivity contribution in [3.8, 4) is 11.1 Å². The Hall–Kier alpha value is -1.58. The first-order chi connectivity index (χ1) is 11.5. The van der Waals surface area contributed by atoms with Gasteiger partial charge in [0.2, 0.25) is 0 Å². The van der Waals surface area contributed by atoms with Crippen LogP contribution in [-0.4, -0.2) is 18.3 Å². The second-order valence-electron chi connectivity index (χ2n) is 9.07. The topological polar surface area (TPSA) is 18.5 Å². The highest BCUT2D eigenvalue weighted by Gasteiger charge is 2.52. The molecule has 1 aliphatic heterocycles. The lowest BCUT2D eigenvalue weighted by molar-refractivity contribution is 0.00578. The van der Waals surface area contributed by atoms with Gasteiger partial charge in [-0.1, -0.05) is 55.8 Å². The highest BCUT2D eigenvalue weighted by molar-refractivity contribution is 6.62. The van der Waals surface area contributed by atoms with Crippen LogP contribution in [0.1, 0.15) is 58.2 Å². The van der Waals surface area contributed by atoms with Crippen molar-refractivity contribution in [3.63, 3.8) is 0 Å². The van der Waals surface area contributed by atoms with Gasteiger partial charge >= 0.3 is 7.12 Å². The Morgan fingerprint density at radius 1 is 0.720 bits per heavy atom. The van der Waals surface area contributed by atoms with E-state index in [9.17, 15) is 0 Å². The number of aryl methyl sites for hydroxylation is 1. The molecule has 3 heteroatoms. The third kappa shape index (κ3) is 2.33. The first-order valence-electron chi connectivity index (χ1n) is 9.14. The second-order valence-corrected chi connectivity index (χ2v) is 9.07. The average molecular weight is 334 g/mol. The lowest BCUT2D eigenvalue weighted by Gasteiger charge is -2.32. The molecule has 2 aliphatic rings. The smallest absolute Gasteiger partial charge is 0.399 e. The van der Waals surface area contributed by atoms with Crippen molar-refractivity contribution in [2.45, 2.75) is 65.1 Å². The summed E-state index contributed by atoms with van der Waals surface area (Å²) in [6.45, 7) is 15.2. The molecular weight excluding hydrogens is 307 g/mol. The van der Waals surface area contributed by atoms with Crippen LogP contribution in [0.3, 0.4) is 0 Å². The maximum atomic E-state index is 6.25. The molecule has 2 nitrogen and oxygen atoms in total. The quantitative estimate of drug-likeness (QED) is 0.710. The van der Waals surface area contributed by atoms with Crippen molar-refractivity contribution < 1.29 is 9.31 Å². The molecule has 0 aromatic heterocycles. The lowest BCUT2D eigenvalue weighted by atomic mass is 9.74. The number of rotatable bonds is 1. The molecule has 2 aromatic rings. The van der Waals surface area contributed by atoms with Gasteiger partial charge in [0, 0.05) is 5.41 Å². The summed E-state index contributed by atoms with van der Waals surface area (Å²) in [5.41, 5.74) is 7.25. The van der Waals surface area contributed by atoms with E-state index in [4.69, 9.17) is 9.31 Å². The van der Waals surface area contributed by atoms with Crippen molar-refractivity contribution in [3.05, 3.63) is 53.1 Å². The normalized spacial score (nSPS) is 22.0. The Labute approximate surface area is 151 Å². The van der Waals surface area contributed by atoms with Gasteiger partial charge in [0.05, 0.1) is 11.2 Å². The molecule has 0 radical (unpaired) electrons. The Balaban J connectivity index is 1.79. The van der Waals surface area contributed by atoms with Gasteiger partial charge in [-0.15, -0.1) is 0 Å². The number of hydrogen-bond donors (Lipinski definition) is 0. The maximum Gasteiger partial charge on any atom is 0.494 e. The second kappa shape index (κ2) is 4.99. The predicted molar refractivity (Wildman–Crippen MR) is 104 cm³/mol. The van der Waals surface area contributed by atoms with Crippen LogP contribution < -0.4 is 5.46 Å². The fourth-order valence-electron chi connectivity index (χ4n) is 3.99. The molecule has 4 rings (SSSR count). The van der Waals surface area contributed by atoms with Gasteiger partial charge in [0.1, 0.15) is 0 Å². The van der Waals surface area contributed by atoms with E-state index in [1.54, 1.807) is 0 Å². The fourth-order valence-corrected chi connectivity index (χ4v) is 3.99. The zero-order valence-electron chi connectivity index (χ0n) is 16.4. The van der Waals surface area contributed by atoms with Crippen molar-refractivity contribution in [1.29, 1.82) is 0 Å². The van der Waals surface area contributed by atoms with Crippen molar-refractivity contribution >= 4 is 12.6 Å². The van der Waals surface area contributed by atoms with Crippen LogP contribution in [0.4, 0.5) is 0 Å². The van der Waals surface area contributed by atoms with Crippen molar-refractivity contribution in [2.24, 2.45) is 0 Å². The van der Waals surface area contributed by atoms with Gasteiger partial charge in [-0.05, 0) is 62.3 Å². The number of benzene rings is 2. The van der Waals surface area contributed by atoms with E-state index in [-0.39, 0.29) is 23.7 Å². The highest BCUT2D eigenvalue weighted by Crippen LogP contribution is 2.48. The lowest BCUT2D eigenvalue weighted by Crippen LogP contribution is -2.41. The molecule has 0 unspecified atom stereocenters. The van der Waals surface area contributed by atoms with Crippen LogP contribution in [0.25, 0.3) is 11.1 Å². The van der Waals surface area contributed by atoms with Crippen molar-refractivity contribution in [2.75, 3.05) is 0 Å². The van der Waals surface area contributed by atoms with E-state index in [1.165, 1.54) is 27.8 Å². The van der Waals surface area contributed by atoms with Crippen LogP contribution in [-0.2, 0) is 14.7 Å². The summed E-state index contributed by atoms with van der Waals surface area (Å²) in [7, 11) is -0.309. The Morgan fingerprint density at radius 3 is 1.84 bits per heavy atom. The molecule has 1 saturated heterocycles. The summed E-state index contributed by atoms with van der Waals surface area (Å²) < 4.78 is 12.5. The van der Waals surface area contributed by atoms with Gasteiger partial charge in [0.25, 0.3) is 0 Å². The monoisotopic (exact) mass is 334 g/mol. The molecule has 0 atom stereocenters. The van der Waals surface area contributed by atoms with E-state index in [2.05, 4.69) is 84.9 Å². The molecule has 0 spiro atoms. The van der Waals surface area contributed by atoms with Crippen LogP contribution in [0.2, 0.25) is 0 Å². The minimum absolute atomic E-state index is 0.00363. The third-order valence-corrected chi connectivity index (χ3v) is 6.38. The van der Waals surface area contributed by atoms with Gasteiger partial charge in [0.15, 0.2) is 0 Å². The first-order valence-corrected chi connectivity index (χ1v) is 9.14. The summed E-state index contributed by atoms with van der Waals surface area (Å²) in [5.74, 6) is 0. The first kappa shape index (κ1) is 16.9. The van der Waals surface area contributed by atoms with Crippen LogP contribution in [0.5, 0.6) is 0 Å². The maximum absolute atomic E-state index is 6.25.